The SMILES string of the molecule is CCCCCCCCCCC/C=C/C(OC(=O)CCCCCCCCCCCCCCC)C(COP(=O)(O)OCC[N+](C)(C)C)NC(=O)CCCCCCCCCCCCCCCCCCCCC. The van der Waals surface area contributed by atoms with E-state index in [0.29, 0.717) is 23.9 Å². The summed E-state index contributed by atoms with van der Waals surface area (Å²) in [5, 5.41) is 3.06. The first-order valence-corrected chi connectivity index (χ1v) is 31.5. The third-order valence-electron chi connectivity index (χ3n) is 13.7. The molecule has 0 aliphatic rings. The normalized spacial score (nSPS) is 13.8. The fraction of sp³-hybridized carbons (Fsp3) is 0.932. The number of rotatable bonds is 55. The highest BCUT2D eigenvalue weighted by molar-refractivity contribution is 7.47. The molecule has 0 aliphatic heterocycles. The van der Waals surface area contributed by atoms with E-state index in [1.807, 2.05) is 33.3 Å². The topological polar surface area (TPSA) is 111 Å². The van der Waals surface area contributed by atoms with E-state index in [4.69, 9.17) is 13.8 Å². The number of carbonyl (C=O) groups excluding carboxylic acids is 2. The molecule has 0 radical (unpaired) electrons. The van der Waals surface area contributed by atoms with Gasteiger partial charge in [-0.25, -0.2) is 4.57 Å². The number of quaternary nitrogens is 1. The lowest BCUT2D eigenvalue weighted by Crippen LogP contribution is -2.47. The smallest absolute Gasteiger partial charge is 0.456 e. The second-order valence-corrected chi connectivity index (χ2v) is 23.3. The average molecular weight is 999 g/mol. The minimum Gasteiger partial charge on any atom is -0.456 e. The van der Waals surface area contributed by atoms with Crippen molar-refractivity contribution in [3.05, 3.63) is 12.2 Å². The van der Waals surface area contributed by atoms with Gasteiger partial charge in [0.1, 0.15) is 19.3 Å². The van der Waals surface area contributed by atoms with Gasteiger partial charge in [0.15, 0.2) is 0 Å². The van der Waals surface area contributed by atoms with E-state index in [1.165, 1.54) is 212 Å². The molecule has 410 valence electrons. The summed E-state index contributed by atoms with van der Waals surface area (Å²) in [6.45, 7) is 7.05. The Morgan fingerprint density at radius 1 is 0.493 bits per heavy atom. The molecule has 0 heterocycles. The van der Waals surface area contributed by atoms with E-state index >= 15 is 0 Å². The molecule has 0 fully saturated rings. The zero-order chi connectivity index (χ0) is 50.8. The van der Waals surface area contributed by atoms with Crippen molar-refractivity contribution in [2.45, 2.75) is 315 Å². The highest BCUT2D eigenvalue weighted by atomic mass is 31.2. The molecule has 0 bridgehead atoms. The lowest BCUT2D eigenvalue weighted by atomic mass is 10.0. The first kappa shape index (κ1) is 67.8. The van der Waals surface area contributed by atoms with Gasteiger partial charge in [0.2, 0.25) is 5.91 Å². The largest absolute Gasteiger partial charge is 0.472 e. The third-order valence-corrected chi connectivity index (χ3v) is 14.7. The minimum atomic E-state index is -4.43. The maximum atomic E-state index is 13.5. The van der Waals surface area contributed by atoms with Crippen molar-refractivity contribution < 1.29 is 37.3 Å². The van der Waals surface area contributed by atoms with E-state index < -0.39 is 20.0 Å². The number of phosphoric acid groups is 1. The van der Waals surface area contributed by atoms with Crippen LogP contribution in [0.3, 0.4) is 0 Å². The highest BCUT2D eigenvalue weighted by Crippen LogP contribution is 2.43. The van der Waals surface area contributed by atoms with Crippen molar-refractivity contribution >= 4 is 19.7 Å². The number of unbranched alkanes of at least 4 members (excludes halogenated alkanes) is 39. The van der Waals surface area contributed by atoms with Gasteiger partial charge in [0.05, 0.1) is 33.8 Å². The number of nitrogens with one attached hydrogen (secondary N) is 1. The zero-order valence-electron chi connectivity index (χ0n) is 46.8. The maximum absolute atomic E-state index is 13.5. The molecule has 0 saturated carbocycles. The number of allylic oxidation sites excluding steroid dienone is 1. The van der Waals surface area contributed by atoms with Gasteiger partial charge < -0.3 is 19.4 Å². The standard InChI is InChI=1S/C59H117N2O7P/c1-7-10-13-16-19-22-25-27-28-29-30-31-32-34-36-39-42-45-48-51-58(62)60-56(55-67-69(64,65)66-54-53-61(4,5)6)57(50-47-44-41-38-35-24-21-18-15-12-9-3)68-59(63)52-49-46-43-40-37-33-26-23-20-17-14-11-8-2/h47,50,56-57H,7-46,48-49,51-55H2,1-6H3,(H-,60,62,64,65)/p+1/b50-47+. The second kappa shape index (κ2) is 50.3. The summed E-state index contributed by atoms with van der Waals surface area (Å²) >= 11 is 0. The lowest BCUT2D eigenvalue weighted by molar-refractivity contribution is -0.870. The summed E-state index contributed by atoms with van der Waals surface area (Å²) in [5.41, 5.74) is 0. The summed E-state index contributed by atoms with van der Waals surface area (Å²) in [4.78, 5) is 37.6. The molecule has 2 N–H and O–H groups in total. The predicted molar refractivity (Wildman–Crippen MR) is 296 cm³/mol. The second-order valence-electron chi connectivity index (χ2n) is 21.9. The maximum Gasteiger partial charge on any atom is 0.472 e. The highest BCUT2D eigenvalue weighted by Gasteiger charge is 2.30. The van der Waals surface area contributed by atoms with Crippen LogP contribution in [0.4, 0.5) is 0 Å². The minimum absolute atomic E-state index is 0.0455. The summed E-state index contributed by atoms with van der Waals surface area (Å²) in [5.74, 6) is -0.487. The van der Waals surface area contributed by atoms with Crippen LogP contribution in [0.5, 0.6) is 0 Å². The van der Waals surface area contributed by atoms with Gasteiger partial charge in [-0.05, 0) is 31.8 Å². The summed E-state index contributed by atoms with van der Waals surface area (Å²) in [7, 11) is 1.52. The van der Waals surface area contributed by atoms with E-state index in [0.717, 1.165) is 57.8 Å². The summed E-state index contributed by atoms with van der Waals surface area (Å²) < 4.78 is 30.6. The molecule has 3 unspecified atom stereocenters. The van der Waals surface area contributed by atoms with Crippen molar-refractivity contribution in [2.24, 2.45) is 0 Å². The molecule has 0 rings (SSSR count). The number of hydrogen-bond donors (Lipinski definition) is 2. The molecular formula is C59H118N2O7P+. The van der Waals surface area contributed by atoms with Crippen molar-refractivity contribution in [1.29, 1.82) is 0 Å². The van der Waals surface area contributed by atoms with Gasteiger partial charge >= 0.3 is 13.8 Å². The van der Waals surface area contributed by atoms with E-state index in [9.17, 15) is 19.0 Å². The fourth-order valence-corrected chi connectivity index (χ4v) is 9.80. The summed E-state index contributed by atoms with van der Waals surface area (Å²) in [6.07, 6.45) is 56.3. The number of ether oxygens (including phenoxy) is 1. The molecule has 10 heteroatoms. The van der Waals surface area contributed by atoms with Crippen LogP contribution < -0.4 is 5.32 Å². The average Bonchev–Trinajstić information content (AvgIpc) is 3.31. The number of amides is 1. The molecule has 0 aromatic carbocycles. The number of hydrogen-bond acceptors (Lipinski definition) is 6. The molecule has 0 aromatic rings. The van der Waals surface area contributed by atoms with Crippen LogP contribution in [0.2, 0.25) is 0 Å². The number of phosphoric ester groups is 1. The molecule has 1 amide bonds. The molecule has 0 saturated heterocycles. The summed E-state index contributed by atoms with van der Waals surface area (Å²) in [6, 6.07) is -0.838. The fourth-order valence-electron chi connectivity index (χ4n) is 9.06. The van der Waals surface area contributed by atoms with Gasteiger partial charge in [-0.2, -0.15) is 0 Å². The first-order valence-electron chi connectivity index (χ1n) is 30.0. The molecule has 0 spiro atoms. The van der Waals surface area contributed by atoms with E-state index in [-0.39, 0.29) is 25.1 Å². The Balaban J connectivity index is 5.19. The molecule has 0 aromatic heterocycles. The van der Waals surface area contributed by atoms with Crippen molar-refractivity contribution in [3.63, 3.8) is 0 Å². The van der Waals surface area contributed by atoms with Crippen LogP contribution in [-0.4, -0.2) is 74.3 Å². The molecule has 69 heavy (non-hydrogen) atoms. The van der Waals surface area contributed by atoms with Crippen LogP contribution in [0.15, 0.2) is 12.2 Å². The Morgan fingerprint density at radius 2 is 0.826 bits per heavy atom. The zero-order valence-corrected chi connectivity index (χ0v) is 47.7. The Hall–Kier alpha value is -1.25. The lowest BCUT2D eigenvalue weighted by Gasteiger charge is -2.27. The number of esters is 1. The molecular weight excluding hydrogens is 880 g/mol. The Labute approximate surface area is 429 Å². The monoisotopic (exact) mass is 998 g/mol. The first-order chi connectivity index (χ1) is 33.4. The van der Waals surface area contributed by atoms with Crippen molar-refractivity contribution in [1.82, 2.24) is 5.32 Å². The predicted octanol–water partition coefficient (Wildman–Crippen LogP) is 18.0. The van der Waals surface area contributed by atoms with Gasteiger partial charge in [-0.3, -0.25) is 18.6 Å². The number of likely N-dealkylation sites (N-methyl/N-ethyl adjacent to an activating group) is 1. The Kier molecular flexibility index (Phi) is 49.4. The van der Waals surface area contributed by atoms with Crippen LogP contribution in [0, 0.1) is 0 Å². The van der Waals surface area contributed by atoms with Crippen LogP contribution in [0.25, 0.3) is 0 Å². The molecule has 0 aliphatic carbocycles. The Morgan fingerprint density at radius 3 is 1.19 bits per heavy atom. The van der Waals surface area contributed by atoms with Gasteiger partial charge in [0, 0.05) is 12.8 Å². The van der Waals surface area contributed by atoms with Gasteiger partial charge in [-0.1, -0.05) is 271 Å². The third kappa shape index (κ3) is 51.5. The van der Waals surface area contributed by atoms with Crippen LogP contribution >= 0.6 is 7.82 Å². The van der Waals surface area contributed by atoms with E-state index in [1.54, 1.807) is 0 Å². The van der Waals surface area contributed by atoms with Crippen LogP contribution in [-0.2, 0) is 27.9 Å². The number of nitrogens with zero attached hydrogens (tertiary/aromatic N) is 1. The van der Waals surface area contributed by atoms with Crippen molar-refractivity contribution in [2.75, 3.05) is 40.9 Å². The molecule has 9 nitrogen and oxygen atoms in total. The quantitative estimate of drug-likeness (QED) is 0.0205. The van der Waals surface area contributed by atoms with E-state index in [2.05, 4.69) is 26.1 Å². The van der Waals surface area contributed by atoms with Gasteiger partial charge in [0.25, 0.3) is 0 Å². The van der Waals surface area contributed by atoms with Crippen LogP contribution in [0.1, 0.15) is 303 Å². The molecule has 3 atom stereocenters. The Bertz CT molecular complexity index is 1190. The number of carbonyl (C=O) groups is 2. The van der Waals surface area contributed by atoms with Crippen molar-refractivity contribution in [3.8, 4) is 0 Å². The van der Waals surface area contributed by atoms with Gasteiger partial charge in [-0.15, -0.1) is 0 Å².